The van der Waals surface area contributed by atoms with Crippen LogP contribution in [0.15, 0.2) is 77.2 Å². The molecular formula is C24H19NO3. The fraction of sp³-hybridized carbons (Fsp3) is 0.0833. The minimum absolute atomic E-state index is 0.326. The molecule has 1 heterocycles. The zero-order chi connectivity index (χ0) is 19.3. The number of carbonyl (C=O) groups excluding carboxylic acids is 1. The van der Waals surface area contributed by atoms with Gasteiger partial charge in [-0.3, -0.25) is 4.79 Å². The van der Waals surface area contributed by atoms with Crippen molar-refractivity contribution >= 4 is 23.1 Å². The molecule has 28 heavy (non-hydrogen) atoms. The molecule has 4 rings (SSSR count). The monoisotopic (exact) mass is 369 g/mol. The molecule has 0 spiro atoms. The molecular weight excluding hydrogens is 350 g/mol. The van der Waals surface area contributed by atoms with Gasteiger partial charge in [-0.15, -0.1) is 0 Å². The molecule has 4 heteroatoms. The van der Waals surface area contributed by atoms with Crippen molar-refractivity contribution < 1.29 is 13.9 Å². The number of oxazole rings is 1. The quantitative estimate of drug-likeness (QED) is 0.328. The van der Waals surface area contributed by atoms with Crippen molar-refractivity contribution in [2.75, 3.05) is 0 Å². The number of aromatic nitrogens is 1. The van der Waals surface area contributed by atoms with Crippen LogP contribution in [0.5, 0.6) is 5.75 Å². The number of aryl methyl sites for hydroxylation is 1. The molecule has 4 aromatic rings. The van der Waals surface area contributed by atoms with Gasteiger partial charge in [0.05, 0.1) is 0 Å². The summed E-state index contributed by atoms with van der Waals surface area (Å²) in [7, 11) is 0. The number of nitrogens with zero attached hydrogens (tertiary/aromatic N) is 1. The van der Waals surface area contributed by atoms with E-state index in [-0.39, 0.29) is 0 Å². The molecule has 3 aromatic carbocycles. The highest BCUT2D eigenvalue weighted by atomic mass is 16.5. The molecule has 1 aromatic heterocycles. The fourth-order valence-electron chi connectivity index (χ4n) is 2.99. The van der Waals surface area contributed by atoms with Gasteiger partial charge in [-0.05, 0) is 53.6 Å². The highest BCUT2D eigenvalue weighted by Crippen LogP contribution is 2.26. The van der Waals surface area contributed by atoms with Crippen molar-refractivity contribution in [1.82, 2.24) is 4.98 Å². The first-order chi connectivity index (χ1) is 13.7. The summed E-state index contributed by atoms with van der Waals surface area (Å²) in [5.74, 6) is 2.07. The normalized spacial score (nSPS) is 11.2. The molecule has 0 bridgehead atoms. The standard InChI is InChI=1S/C24H19NO3/c1-17-23(16-27-22-12-8-18(9-13-22)5-4-14-26)25-24(28-17)21-11-10-19-6-2-3-7-20(19)15-21/h2-15H,16H2,1H3. The van der Waals surface area contributed by atoms with Crippen LogP contribution >= 0.6 is 0 Å². The number of hydrogen-bond donors (Lipinski definition) is 0. The average Bonchev–Trinajstić information content (AvgIpc) is 3.11. The summed E-state index contributed by atoms with van der Waals surface area (Å²) in [5.41, 5.74) is 2.66. The molecule has 0 aliphatic carbocycles. The largest absolute Gasteiger partial charge is 0.487 e. The van der Waals surface area contributed by atoms with Gasteiger partial charge in [-0.2, -0.15) is 0 Å². The Kier molecular flexibility index (Phi) is 5.02. The van der Waals surface area contributed by atoms with E-state index in [2.05, 4.69) is 29.2 Å². The number of aldehydes is 1. The Bertz CT molecular complexity index is 1140. The Morgan fingerprint density at radius 3 is 2.57 bits per heavy atom. The SMILES string of the molecule is Cc1oc(-c2ccc3ccccc3c2)nc1COc1ccc(C=CC=O)cc1. The molecule has 0 aliphatic heterocycles. The lowest BCUT2D eigenvalue weighted by Crippen LogP contribution is -1.97. The molecule has 0 atom stereocenters. The van der Waals surface area contributed by atoms with Gasteiger partial charge in [0.15, 0.2) is 0 Å². The predicted octanol–water partition coefficient (Wildman–Crippen LogP) is 5.59. The molecule has 4 nitrogen and oxygen atoms in total. The van der Waals surface area contributed by atoms with Crippen LogP contribution in [0.3, 0.4) is 0 Å². The highest BCUT2D eigenvalue weighted by Gasteiger charge is 2.12. The second-order valence-electron chi connectivity index (χ2n) is 6.44. The number of fused-ring (bicyclic) bond motifs is 1. The van der Waals surface area contributed by atoms with Crippen molar-refractivity contribution in [1.29, 1.82) is 0 Å². The molecule has 0 radical (unpaired) electrons. The lowest BCUT2D eigenvalue weighted by molar-refractivity contribution is -0.104. The van der Waals surface area contributed by atoms with Crippen LogP contribution in [0.25, 0.3) is 28.3 Å². The van der Waals surface area contributed by atoms with Crippen LogP contribution < -0.4 is 4.74 Å². The Morgan fingerprint density at radius 1 is 1.00 bits per heavy atom. The van der Waals surface area contributed by atoms with Gasteiger partial charge >= 0.3 is 0 Å². The van der Waals surface area contributed by atoms with E-state index in [0.29, 0.717) is 12.5 Å². The van der Waals surface area contributed by atoms with Crippen molar-refractivity contribution in [2.24, 2.45) is 0 Å². The van der Waals surface area contributed by atoms with Gasteiger partial charge in [0.1, 0.15) is 30.1 Å². The van der Waals surface area contributed by atoms with Crippen molar-refractivity contribution in [3.05, 3.63) is 89.8 Å². The Balaban J connectivity index is 1.49. The van der Waals surface area contributed by atoms with Crippen LogP contribution in [0.2, 0.25) is 0 Å². The first-order valence-corrected chi connectivity index (χ1v) is 9.03. The average molecular weight is 369 g/mol. The number of benzene rings is 3. The molecule has 0 saturated carbocycles. The van der Waals surface area contributed by atoms with Gasteiger partial charge in [-0.1, -0.05) is 48.5 Å². The maximum Gasteiger partial charge on any atom is 0.226 e. The van der Waals surface area contributed by atoms with Crippen molar-refractivity contribution in [3.63, 3.8) is 0 Å². The zero-order valence-corrected chi connectivity index (χ0v) is 15.5. The van der Waals surface area contributed by atoms with Crippen LogP contribution in [0, 0.1) is 6.92 Å². The van der Waals surface area contributed by atoms with Crippen LogP contribution in [0.1, 0.15) is 17.0 Å². The molecule has 0 N–H and O–H groups in total. The Labute approximate surface area is 163 Å². The third-order valence-corrected chi connectivity index (χ3v) is 4.51. The van der Waals surface area contributed by atoms with Crippen molar-refractivity contribution in [2.45, 2.75) is 13.5 Å². The third-order valence-electron chi connectivity index (χ3n) is 4.51. The van der Waals surface area contributed by atoms with Crippen LogP contribution in [0.4, 0.5) is 0 Å². The van der Waals surface area contributed by atoms with Crippen LogP contribution in [-0.2, 0) is 11.4 Å². The van der Waals surface area contributed by atoms with Gasteiger partial charge in [0.25, 0.3) is 0 Å². The van der Waals surface area contributed by atoms with Gasteiger partial charge in [0.2, 0.25) is 5.89 Å². The highest BCUT2D eigenvalue weighted by molar-refractivity contribution is 5.86. The third kappa shape index (κ3) is 3.86. The van der Waals surface area contributed by atoms with E-state index in [0.717, 1.165) is 40.0 Å². The molecule has 138 valence electrons. The summed E-state index contributed by atoms with van der Waals surface area (Å²) >= 11 is 0. The Morgan fingerprint density at radius 2 is 1.79 bits per heavy atom. The van der Waals surface area contributed by atoms with E-state index in [1.54, 1.807) is 6.08 Å². The van der Waals surface area contributed by atoms with Gasteiger partial charge in [0, 0.05) is 5.56 Å². The predicted molar refractivity (Wildman–Crippen MR) is 110 cm³/mol. The van der Waals surface area contributed by atoms with E-state index < -0.39 is 0 Å². The molecule has 0 amide bonds. The smallest absolute Gasteiger partial charge is 0.226 e. The van der Waals surface area contributed by atoms with E-state index in [9.17, 15) is 4.79 Å². The molecule has 0 fully saturated rings. The fourth-order valence-corrected chi connectivity index (χ4v) is 2.99. The summed E-state index contributed by atoms with van der Waals surface area (Å²) in [6.45, 7) is 2.22. The van der Waals surface area contributed by atoms with E-state index in [1.165, 1.54) is 11.5 Å². The second kappa shape index (κ2) is 7.92. The van der Waals surface area contributed by atoms with Crippen LogP contribution in [-0.4, -0.2) is 11.3 Å². The summed E-state index contributed by atoms with van der Waals surface area (Å²) < 4.78 is 11.7. The first kappa shape index (κ1) is 17.7. The van der Waals surface area contributed by atoms with E-state index in [1.807, 2.05) is 49.4 Å². The topological polar surface area (TPSA) is 52.3 Å². The second-order valence-corrected chi connectivity index (χ2v) is 6.44. The molecule has 0 saturated heterocycles. The minimum atomic E-state index is 0.326. The van der Waals surface area contributed by atoms with E-state index in [4.69, 9.17) is 9.15 Å². The number of carbonyl (C=O) groups is 1. The maximum atomic E-state index is 10.4. The zero-order valence-electron chi connectivity index (χ0n) is 15.5. The summed E-state index contributed by atoms with van der Waals surface area (Å²) in [6.07, 6.45) is 3.96. The van der Waals surface area contributed by atoms with Gasteiger partial charge < -0.3 is 9.15 Å². The Hall–Kier alpha value is -3.66. The molecule has 0 unspecified atom stereocenters. The number of allylic oxidation sites excluding steroid dienone is 1. The summed E-state index contributed by atoms with van der Waals surface area (Å²) in [4.78, 5) is 15.0. The lowest BCUT2D eigenvalue weighted by atomic mass is 10.1. The number of ether oxygens (including phenoxy) is 1. The molecule has 0 aliphatic rings. The lowest BCUT2D eigenvalue weighted by Gasteiger charge is -2.04. The van der Waals surface area contributed by atoms with Crippen molar-refractivity contribution in [3.8, 4) is 17.2 Å². The van der Waals surface area contributed by atoms with E-state index >= 15 is 0 Å². The summed E-state index contributed by atoms with van der Waals surface area (Å²) in [6, 6.07) is 21.9. The summed E-state index contributed by atoms with van der Waals surface area (Å²) in [5, 5.41) is 2.34. The maximum absolute atomic E-state index is 10.4. The number of rotatable bonds is 6. The van der Waals surface area contributed by atoms with Gasteiger partial charge in [-0.25, -0.2) is 4.98 Å². The minimum Gasteiger partial charge on any atom is -0.487 e. The first-order valence-electron chi connectivity index (χ1n) is 9.03. The number of hydrogen-bond acceptors (Lipinski definition) is 4.